The number of rotatable bonds is 9. The Morgan fingerprint density at radius 1 is 0.974 bits per heavy atom. The number of hydrogen-bond acceptors (Lipinski definition) is 8. The first kappa shape index (κ1) is 25.4. The number of carbonyl (C=O) groups is 1. The van der Waals surface area contributed by atoms with E-state index >= 15 is 0 Å². The lowest BCUT2D eigenvalue weighted by atomic mass is 9.78. The van der Waals surface area contributed by atoms with Gasteiger partial charge in [0.1, 0.15) is 30.3 Å². The van der Waals surface area contributed by atoms with Crippen LogP contribution in [0.1, 0.15) is 43.4 Å². The Hall–Kier alpha value is -3.85. The highest BCUT2D eigenvalue weighted by molar-refractivity contribution is 5.64. The maximum Gasteiger partial charge on any atom is 0.404 e. The molecule has 204 valence electrons. The van der Waals surface area contributed by atoms with Crippen molar-refractivity contribution >= 4 is 12.0 Å². The molecular formula is C30H34N4O5. The first-order chi connectivity index (χ1) is 18.8. The van der Waals surface area contributed by atoms with Crippen LogP contribution in [0.5, 0.6) is 11.5 Å². The summed E-state index contributed by atoms with van der Waals surface area (Å²) in [6.07, 6.45) is 4.18. The van der Waals surface area contributed by atoms with E-state index in [1.807, 2.05) is 36.7 Å². The van der Waals surface area contributed by atoms with Crippen molar-refractivity contribution in [2.75, 3.05) is 31.2 Å². The van der Waals surface area contributed by atoms with E-state index in [1.54, 1.807) is 0 Å². The van der Waals surface area contributed by atoms with Crippen LogP contribution in [0.3, 0.4) is 0 Å². The van der Waals surface area contributed by atoms with E-state index in [9.17, 15) is 4.79 Å². The fourth-order valence-electron chi connectivity index (χ4n) is 5.38. The van der Waals surface area contributed by atoms with Crippen LogP contribution >= 0.6 is 0 Å². The molecule has 3 aromatic rings. The zero-order valence-electron chi connectivity index (χ0n) is 22.3. The van der Waals surface area contributed by atoms with Crippen molar-refractivity contribution in [1.82, 2.24) is 9.97 Å². The second-order valence-electron chi connectivity index (χ2n) is 11.5. The normalized spacial score (nSPS) is 21.3. The first-order valence-electron chi connectivity index (χ1n) is 13.4. The topological polar surface area (TPSA) is 109 Å². The largest absolute Gasteiger partial charge is 0.490 e. The van der Waals surface area contributed by atoms with Crippen LogP contribution < -0.4 is 20.1 Å². The van der Waals surface area contributed by atoms with Gasteiger partial charge in [-0.25, -0.2) is 14.8 Å². The van der Waals surface area contributed by atoms with Gasteiger partial charge in [-0.2, -0.15) is 0 Å². The number of primary amides is 1. The highest BCUT2D eigenvalue weighted by Crippen LogP contribution is 2.39. The molecule has 3 aliphatic rings. The Morgan fingerprint density at radius 3 is 2.10 bits per heavy atom. The highest BCUT2D eigenvalue weighted by Gasteiger charge is 2.49. The minimum atomic E-state index is -0.732. The molecule has 1 aromatic heterocycles. The highest BCUT2D eigenvalue weighted by atomic mass is 16.6. The molecule has 1 spiro atoms. The van der Waals surface area contributed by atoms with Gasteiger partial charge in [0.2, 0.25) is 5.95 Å². The van der Waals surface area contributed by atoms with Crippen LogP contribution in [0.15, 0.2) is 60.9 Å². The number of carbonyl (C=O) groups excluding carboxylic acids is 1. The lowest BCUT2D eigenvalue weighted by molar-refractivity contribution is -0.127. The van der Waals surface area contributed by atoms with Crippen LogP contribution in [0.4, 0.5) is 10.7 Å². The van der Waals surface area contributed by atoms with Gasteiger partial charge in [0, 0.05) is 49.3 Å². The summed E-state index contributed by atoms with van der Waals surface area (Å²) in [5.41, 5.74) is 8.52. The predicted molar refractivity (Wildman–Crippen MR) is 145 cm³/mol. The van der Waals surface area contributed by atoms with E-state index < -0.39 is 6.09 Å². The minimum absolute atomic E-state index is 0.0424. The molecule has 9 heteroatoms. The number of amides is 1. The molecule has 0 unspecified atom stereocenters. The molecule has 1 amide bonds. The lowest BCUT2D eigenvalue weighted by Gasteiger charge is -2.54. The summed E-state index contributed by atoms with van der Waals surface area (Å²) in [6.45, 7) is 8.47. The molecule has 0 atom stereocenters. The number of aromatic nitrogens is 2. The fourth-order valence-corrected chi connectivity index (χ4v) is 5.38. The molecule has 1 saturated carbocycles. The van der Waals surface area contributed by atoms with E-state index in [-0.39, 0.29) is 17.6 Å². The van der Waals surface area contributed by atoms with E-state index in [2.05, 4.69) is 53.0 Å². The van der Waals surface area contributed by atoms with Gasteiger partial charge in [0.15, 0.2) is 0 Å². The summed E-state index contributed by atoms with van der Waals surface area (Å²) >= 11 is 0. The van der Waals surface area contributed by atoms with Gasteiger partial charge in [-0.15, -0.1) is 0 Å². The molecule has 6 rings (SSSR count). The Kier molecular flexibility index (Phi) is 6.54. The van der Waals surface area contributed by atoms with Crippen molar-refractivity contribution in [1.29, 1.82) is 0 Å². The van der Waals surface area contributed by atoms with Gasteiger partial charge in [0.05, 0.1) is 18.6 Å². The summed E-state index contributed by atoms with van der Waals surface area (Å²) in [5.74, 6) is 2.38. The van der Waals surface area contributed by atoms with Crippen molar-refractivity contribution in [2.45, 2.75) is 50.9 Å². The van der Waals surface area contributed by atoms with Gasteiger partial charge < -0.3 is 29.6 Å². The standard InChI is InChI=1S/C30H34N4O5/c1-29(2,22-5-9-24(10-6-22)38-25-11-26(12-25)39-27(31)35)21-3-7-23(8-4-21)37-15-20-13-32-28(33-14-20)34-16-30(17-34)18-36-19-30/h3-10,13-14,25-26H,11-12,15-19H2,1-2H3,(H2,31,35). The molecular weight excluding hydrogens is 496 g/mol. The maximum atomic E-state index is 10.8. The third-order valence-corrected chi connectivity index (χ3v) is 8.04. The smallest absolute Gasteiger partial charge is 0.404 e. The summed E-state index contributed by atoms with van der Waals surface area (Å²) in [4.78, 5) is 22.1. The molecule has 3 heterocycles. The Bertz CT molecular complexity index is 1290. The SMILES string of the molecule is CC(C)(c1ccc(OCc2cnc(N3CC4(COC4)C3)nc2)cc1)c1ccc(OC2CC(OC(N)=O)C2)cc1. The van der Waals surface area contributed by atoms with Gasteiger partial charge in [-0.3, -0.25) is 0 Å². The van der Waals surface area contributed by atoms with Gasteiger partial charge >= 0.3 is 6.09 Å². The quantitative estimate of drug-likeness (QED) is 0.438. The van der Waals surface area contributed by atoms with Gasteiger partial charge in [-0.05, 0) is 35.4 Å². The van der Waals surface area contributed by atoms with Gasteiger partial charge in [-0.1, -0.05) is 38.1 Å². The minimum Gasteiger partial charge on any atom is -0.490 e. The second-order valence-corrected chi connectivity index (χ2v) is 11.5. The molecule has 3 fully saturated rings. The monoisotopic (exact) mass is 530 g/mol. The Balaban J connectivity index is 0.995. The van der Waals surface area contributed by atoms with E-state index in [4.69, 9.17) is 24.7 Å². The van der Waals surface area contributed by atoms with Crippen molar-refractivity contribution < 1.29 is 23.7 Å². The molecule has 1 aliphatic carbocycles. The van der Waals surface area contributed by atoms with Crippen molar-refractivity contribution in [3.63, 3.8) is 0 Å². The predicted octanol–water partition coefficient (Wildman–Crippen LogP) is 4.22. The third kappa shape index (κ3) is 5.36. The number of ether oxygens (including phenoxy) is 4. The fraction of sp³-hybridized carbons (Fsp3) is 0.433. The molecule has 39 heavy (non-hydrogen) atoms. The number of nitrogens with two attached hydrogens (primary N) is 1. The van der Waals surface area contributed by atoms with E-state index in [1.165, 1.54) is 11.1 Å². The van der Waals surface area contributed by atoms with Crippen LogP contribution in [0.25, 0.3) is 0 Å². The Morgan fingerprint density at radius 2 is 1.56 bits per heavy atom. The van der Waals surface area contributed by atoms with E-state index in [0.717, 1.165) is 49.3 Å². The van der Waals surface area contributed by atoms with Crippen LogP contribution in [-0.4, -0.2) is 54.6 Å². The van der Waals surface area contributed by atoms with Crippen LogP contribution in [0, 0.1) is 5.41 Å². The summed E-state index contributed by atoms with van der Waals surface area (Å²) in [7, 11) is 0. The van der Waals surface area contributed by atoms with Crippen LogP contribution in [-0.2, 0) is 21.5 Å². The number of nitrogens with zero attached hydrogens (tertiary/aromatic N) is 3. The summed E-state index contributed by atoms with van der Waals surface area (Å²) < 4.78 is 22.3. The molecule has 2 aliphatic heterocycles. The number of anilines is 1. The molecule has 2 saturated heterocycles. The van der Waals surface area contributed by atoms with Crippen LogP contribution in [0.2, 0.25) is 0 Å². The third-order valence-electron chi connectivity index (χ3n) is 8.04. The summed E-state index contributed by atoms with van der Waals surface area (Å²) in [6, 6.07) is 16.4. The average Bonchev–Trinajstić information content (AvgIpc) is 2.85. The van der Waals surface area contributed by atoms with Crippen molar-refractivity contribution in [3.05, 3.63) is 77.6 Å². The zero-order chi connectivity index (χ0) is 27.0. The zero-order valence-corrected chi connectivity index (χ0v) is 22.3. The number of hydrogen-bond donors (Lipinski definition) is 1. The molecule has 2 N–H and O–H groups in total. The first-order valence-corrected chi connectivity index (χ1v) is 13.4. The van der Waals surface area contributed by atoms with Crippen molar-refractivity contribution in [3.8, 4) is 11.5 Å². The molecule has 9 nitrogen and oxygen atoms in total. The lowest BCUT2D eigenvalue weighted by Crippen LogP contribution is -2.66. The number of benzene rings is 2. The second kappa shape index (κ2) is 10.0. The van der Waals surface area contributed by atoms with Crippen molar-refractivity contribution in [2.24, 2.45) is 11.1 Å². The maximum absolute atomic E-state index is 10.8. The summed E-state index contributed by atoms with van der Waals surface area (Å²) in [5, 5.41) is 0. The Labute approximate surface area is 228 Å². The van der Waals surface area contributed by atoms with Gasteiger partial charge in [0.25, 0.3) is 0 Å². The van der Waals surface area contributed by atoms with E-state index in [0.29, 0.717) is 24.9 Å². The molecule has 0 bridgehead atoms. The molecule has 0 radical (unpaired) electrons. The molecule has 2 aromatic carbocycles. The average molecular weight is 531 g/mol.